The molecular weight excluding hydrogens is 490 g/mol. The maximum absolute atomic E-state index is 13.9. The summed E-state index contributed by atoms with van der Waals surface area (Å²) >= 11 is 0. The van der Waals surface area contributed by atoms with E-state index in [4.69, 9.17) is 15.1 Å². The van der Waals surface area contributed by atoms with Crippen molar-refractivity contribution in [1.29, 1.82) is 0 Å². The number of carboxylic acids is 1. The molecule has 0 radical (unpaired) electrons. The Bertz CT molecular complexity index is 1350. The highest BCUT2D eigenvalue weighted by Crippen LogP contribution is 2.31. The van der Waals surface area contributed by atoms with Crippen molar-refractivity contribution in [3.05, 3.63) is 65.8 Å². The van der Waals surface area contributed by atoms with E-state index in [-0.39, 0.29) is 11.8 Å². The van der Waals surface area contributed by atoms with Crippen LogP contribution < -0.4 is 9.80 Å². The van der Waals surface area contributed by atoms with E-state index < -0.39 is 5.97 Å². The Morgan fingerprint density at radius 3 is 2.49 bits per heavy atom. The van der Waals surface area contributed by atoms with Crippen molar-refractivity contribution in [3.8, 4) is 11.3 Å². The summed E-state index contributed by atoms with van der Waals surface area (Å²) in [5.41, 5.74) is 4.42. The van der Waals surface area contributed by atoms with Crippen molar-refractivity contribution in [2.24, 2.45) is 13.0 Å². The first-order valence-corrected chi connectivity index (χ1v) is 14.0. The number of hydrogen-bond donors (Lipinski definition) is 1. The largest absolute Gasteiger partial charge is 0.478 e. The van der Waals surface area contributed by atoms with E-state index >= 15 is 0 Å². The van der Waals surface area contributed by atoms with Crippen LogP contribution in [0.25, 0.3) is 17.3 Å². The minimum absolute atomic E-state index is 0.0138. The maximum Gasteiger partial charge on any atom is 0.328 e. The van der Waals surface area contributed by atoms with Gasteiger partial charge in [-0.2, -0.15) is 0 Å². The van der Waals surface area contributed by atoms with Gasteiger partial charge in [0.1, 0.15) is 11.6 Å². The molecular formula is C31H37N5O3. The Morgan fingerprint density at radius 1 is 1.03 bits per heavy atom. The first-order chi connectivity index (χ1) is 18.9. The minimum Gasteiger partial charge on any atom is -0.478 e. The number of anilines is 2. The molecule has 5 rings (SSSR count). The second-order valence-electron chi connectivity index (χ2n) is 10.7. The number of hydrogen-bond acceptors (Lipinski definition) is 5. The van der Waals surface area contributed by atoms with Crippen molar-refractivity contribution < 1.29 is 14.7 Å². The number of nitrogens with zero attached hydrogens (tertiary/aromatic N) is 5. The second kappa shape index (κ2) is 11.8. The van der Waals surface area contributed by atoms with Gasteiger partial charge < -0.3 is 19.5 Å². The fourth-order valence-corrected chi connectivity index (χ4v) is 5.68. The molecule has 3 heterocycles. The zero-order chi connectivity index (χ0) is 27.4. The third-order valence-corrected chi connectivity index (χ3v) is 8.06. The fourth-order valence-electron chi connectivity index (χ4n) is 5.68. The van der Waals surface area contributed by atoms with Gasteiger partial charge in [0.25, 0.3) is 0 Å². The minimum atomic E-state index is -1.00. The molecule has 1 aliphatic heterocycles. The average Bonchev–Trinajstić information content (AvgIpc) is 3.62. The van der Waals surface area contributed by atoms with Crippen LogP contribution >= 0.6 is 0 Å². The van der Waals surface area contributed by atoms with Gasteiger partial charge >= 0.3 is 5.97 Å². The lowest BCUT2D eigenvalue weighted by atomic mass is 9.88. The Morgan fingerprint density at radius 2 is 1.79 bits per heavy atom. The van der Waals surface area contributed by atoms with Crippen molar-refractivity contribution in [2.45, 2.75) is 58.4 Å². The summed E-state index contributed by atoms with van der Waals surface area (Å²) in [7, 11) is 1.98. The molecule has 1 amide bonds. The topological polar surface area (TPSA) is 91.6 Å². The molecule has 1 aromatic carbocycles. The molecule has 39 heavy (non-hydrogen) atoms. The van der Waals surface area contributed by atoms with Crippen LogP contribution in [0.15, 0.2) is 48.8 Å². The number of imidazole rings is 1. The monoisotopic (exact) mass is 527 g/mol. The summed E-state index contributed by atoms with van der Waals surface area (Å²) in [6, 6.07) is 9.95. The van der Waals surface area contributed by atoms with Crippen molar-refractivity contribution in [1.82, 2.24) is 14.5 Å². The van der Waals surface area contributed by atoms with Crippen LogP contribution in [0.2, 0.25) is 0 Å². The Kier molecular flexibility index (Phi) is 8.10. The van der Waals surface area contributed by atoms with Gasteiger partial charge in [-0.25, -0.2) is 14.8 Å². The molecule has 2 aliphatic rings. The smallest absolute Gasteiger partial charge is 0.328 e. The number of carbonyl (C=O) groups excluding carboxylic acids is 1. The number of amides is 1. The molecule has 1 saturated heterocycles. The zero-order valence-corrected chi connectivity index (χ0v) is 22.8. The summed E-state index contributed by atoms with van der Waals surface area (Å²) in [6.45, 7) is 4.38. The van der Waals surface area contributed by atoms with E-state index in [1.807, 2.05) is 54.0 Å². The summed E-state index contributed by atoms with van der Waals surface area (Å²) in [6.07, 6.45) is 14.0. The predicted molar refractivity (Wildman–Crippen MR) is 153 cm³/mol. The van der Waals surface area contributed by atoms with E-state index in [2.05, 4.69) is 17.0 Å². The third kappa shape index (κ3) is 6.05. The standard InChI is InChI=1S/C31H37N5O3/c1-22-10-13-26(18-24(22)12-15-30(37)38)36(31(39)23-8-4-3-5-9-23)21-29-33-20-27(34(29)2)25-11-14-28(32-19-25)35-16-6-7-17-35/h10-15,18-20,23H,3-9,16-17,21H2,1-2H3,(H,37,38). The summed E-state index contributed by atoms with van der Waals surface area (Å²) < 4.78 is 2.03. The summed E-state index contributed by atoms with van der Waals surface area (Å²) in [4.78, 5) is 38.6. The number of aromatic nitrogens is 3. The van der Waals surface area contributed by atoms with Gasteiger partial charge in [-0.15, -0.1) is 0 Å². The molecule has 0 spiro atoms. The highest BCUT2D eigenvalue weighted by Gasteiger charge is 2.28. The normalized spacial score (nSPS) is 16.2. The first-order valence-electron chi connectivity index (χ1n) is 14.0. The highest BCUT2D eigenvalue weighted by atomic mass is 16.4. The zero-order valence-electron chi connectivity index (χ0n) is 22.8. The van der Waals surface area contributed by atoms with Gasteiger partial charge in [0.15, 0.2) is 0 Å². The predicted octanol–water partition coefficient (Wildman–Crippen LogP) is 5.60. The molecule has 3 aromatic rings. The van der Waals surface area contributed by atoms with Crippen molar-refractivity contribution in [2.75, 3.05) is 22.9 Å². The quantitative estimate of drug-likeness (QED) is 0.383. The van der Waals surface area contributed by atoms with Crippen LogP contribution in [-0.4, -0.2) is 44.6 Å². The third-order valence-electron chi connectivity index (χ3n) is 8.06. The number of aliphatic carboxylic acids is 1. The lowest BCUT2D eigenvalue weighted by Crippen LogP contribution is -2.37. The summed E-state index contributed by atoms with van der Waals surface area (Å²) in [5, 5.41) is 9.13. The van der Waals surface area contributed by atoms with E-state index in [9.17, 15) is 9.59 Å². The molecule has 1 N–H and O–H groups in total. The molecule has 2 fully saturated rings. The van der Waals surface area contributed by atoms with Crippen LogP contribution in [0.3, 0.4) is 0 Å². The van der Waals surface area contributed by atoms with Crippen LogP contribution in [0.4, 0.5) is 11.5 Å². The Hall–Kier alpha value is -3.94. The first kappa shape index (κ1) is 26.7. The van der Waals surface area contributed by atoms with E-state index in [0.717, 1.165) is 84.6 Å². The average molecular weight is 528 g/mol. The van der Waals surface area contributed by atoms with Gasteiger partial charge in [0, 0.05) is 49.6 Å². The molecule has 204 valence electrons. The van der Waals surface area contributed by atoms with Gasteiger partial charge in [-0.05, 0) is 74.1 Å². The highest BCUT2D eigenvalue weighted by molar-refractivity contribution is 5.95. The molecule has 1 saturated carbocycles. The Labute approximate surface area is 230 Å². The van der Waals surface area contributed by atoms with E-state index in [0.29, 0.717) is 6.54 Å². The van der Waals surface area contributed by atoms with Crippen molar-refractivity contribution >= 4 is 29.5 Å². The maximum atomic E-state index is 13.9. The number of aryl methyl sites for hydroxylation is 1. The number of pyridine rings is 1. The molecule has 0 bridgehead atoms. The molecule has 0 atom stereocenters. The molecule has 2 aromatic heterocycles. The Balaban J connectivity index is 1.44. The van der Waals surface area contributed by atoms with Crippen LogP contribution in [0.5, 0.6) is 0 Å². The van der Waals surface area contributed by atoms with Crippen LogP contribution in [0, 0.1) is 12.8 Å². The van der Waals surface area contributed by atoms with Gasteiger partial charge in [0.05, 0.1) is 18.4 Å². The van der Waals surface area contributed by atoms with E-state index in [1.165, 1.54) is 19.3 Å². The molecule has 0 unspecified atom stereocenters. The van der Waals surface area contributed by atoms with Gasteiger partial charge in [0.2, 0.25) is 5.91 Å². The fraction of sp³-hybridized carbons (Fsp3) is 0.419. The van der Waals surface area contributed by atoms with Crippen LogP contribution in [0.1, 0.15) is 61.9 Å². The number of rotatable bonds is 8. The molecule has 8 nitrogen and oxygen atoms in total. The SMILES string of the molecule is Cc1ccc(N(Cc2ncc(-c3ccc(N4CCCC4)nc3)n2C)C(=O)C2CCCCC2)cc1C=CC(=O)O. The van der Waals surface area contributed by atoms with Gasteiger partial charge in [-0.3, -0.25) is 4.79 Å². The lowest BCUT2D eigenvalue weighted by Gasteiger charge is -2.30. The summed E-state index contributed by atoms with van der Waals surface area (Å²) in [5.74, 6) is 0.877. The number of carboxylic acid groups (broad SMARTS) is 1. The molecule has 1 aliphatic carbocycles. The van der Waals surface area contributed by atoms with E-state index in [1.54, 1.807) is 6.08 Å². The number of carbonyl (C=O) groups is 2. The molecule has 8 heteroatoms. The van der Waals surface area contributed by atoms with Gasteiger partial charge in [-0.1, -0.05) is 25.3 Å². The van der Waals surface area contributed by atoms with Crippen molar-refractivity contribution in [3.63, 3.8) is 0 Å². The van der Waals surface area contributed by atoms with Crippen LogP contribution in [-0.2, 0) is 23.2 Å². The number of benzene rings is 1. The lowest BCUT2D eigenvalue weighted by molar-refractivity contribution is -0.131. The second-order valence-corrected chi connectivity index (χ2v) is 10.7.